The van der Waals surface area contributed by atoms with Crippen LogP contribution in [-0.2, 0) is 10.5 Å². The molecule has 0 amide bonds. The highest BCUT2D eigenvalue weighted by molar-refractivity contribution is 8.13. The van der Waals surface area contributed by atoms with Crippen LogP contribution in [0.2, 0.25) is 0 Å². The van der Waals surface area contributed by atoms with Crippen LogP contribution in [0.4, 0.5) is 0 Å². The molecular formula is C21H22N2O3S. The molecule has 1 aliphatic rings. The van der Waals surface area contributed by atoms with E-state index in [1.807, 2.05) is 55.5 Å². The maximum atomic E-state index is 11.8. The molecule has 27 heavy (non-hydrogen) atoms. The van der Waals surface area contributed by atoms with Crippen molar-refractivity contribution in [1.82, 2.24) is 5.32 Å². The van der Waals surface area contributed by atoms with E-state index in [0.29, 0.717) is 5.70 Å². The van der Waals surface area contributed by atoms with Crippen molar-refractivity contribution in [1.29, 1.82) is 0 Å². The summed E-state index contributed by atoms with van der Waals surface area (Å²) < 4.78 is 5.18. The Hall–Kier alpha value is -2.73. The van der Waals surface area contributed by atoms with Crippen LogP contribution in [0.3, 0.4) is 0 Å². The molecule has 1 atom stereocenters. The Labute approximate surface area is 163 Å². The largest absolute Gasteiger partial charge is 0.497 e. The summed E-state index contributed by atoms with van der Waals surface area (Å²) >= 11 is 1.56. The first kappa shape index (κ1) is 19.0. The summed E-state index contributed by atoms with van der Waals surface area (Å²) in [6, 6.07) is 15.2. The molecule has 0 bridgehead atoms. The average Bonchev–Trinajstić information content (AvgIpc) is 2.66. The van der Waals surface area contributed by atoms with Gasteiger partial charge in [-0.05, 0) is 37.1 Å². The molecule has 0 aliphatic carbocycles. The number of amidine groups is 1. The van der Waals surface area contributed by atoms with E-state index in [-0.39, 0.29) is 5.57 Å². The molecule has 5 nitrogen and oxygen atoms in total. The van der Waals surface area contributed by atoms with E-state index < -0.39 is 12.0 Å². The van der Waals surface area contributed by atoms with Crippen LogP contribution in [0.25, 0.3) is 0 Å². The molecule has 0 saturated heterocycles. The summed E-state index contributed by atoms with van der Waals surface area (Å²) in [5.41, 5.74) is 4.02. The van der Waals surface area contributed by atoms with E-state index in [9.17, 15) is 9.90 Å². The lowest BCUT2D eigenvalue weighted by Crippen LogP contribution is -2.29. The highest BCUT2D eigenvalue weighted by Crippen LogP contribution is 2.33. The van der Waals surface area contributed by atoms with E-state index in [4.69, 9.17) is 9.73 Å². The highest BCUT2D eigenvalue weighted by atomic mass is 32.2. The van der Waals surface area contributed by atoms with Gasteiger partial charge in [-0.1, -0.05) is 53.7 Å². The van der Waals surface area contributed by atoms with Crippen LogP contribution >= 0.6 is 11.8 Å². The summed E-state index contributed by atoms with van der Waals surface area (Å²) in [4.78, 5) is 16.5. The fourth-order valence-electron chi connectivity index (χ4n) is 2.95. The van der Waals surface area contributed by atoms with E-state index >= 15 is 0 Å². The summed E-state index contributed by atoms with van der Waals surface area (Å²) in [7, 11) is 1.64. The molecule has 2 N–H and O–H groups in total. The standard InChI is InChI=1S/C21H22N2O3S/c1-13-5-4-6-16(11-13)19-18(20(24)25)14(2)22-21(23-19)27-12-15-7-9-17(26-3)10-8-15/h4-11,19H,12H2,1-3H3,(H,22,23)(H,24,25). The van der Waals surface area contributed by atoms with E-state index in [1.54, 1.807) is 25.8 Å². The molecule has 1 aliphatic heterocycles. The second-order valence-corrected chi connectivity index (χ2v) is 7.32. The molecule has 3 rings (SSSR count). The summed E-state index contributed by atoms with van der Waals surface area (Å²) in [6.07, 6.45) is 0. The van der Waals surface area contributed by atoms with Gasteiger partial charge in [-0.25, -0.2) is 9.79 Å². The predicted molar refractivity (Wildman–Crippen MR) is 109 cm³/mol. The Bertz CT molecular complexity index is 904. The van der Waals surface area contributed by atoms with Crippen molar-refractivity contribution in [3.63, 3.8) is 0 Å². The number of aryl methyl sites for hydroxylation is 1. The quantitative estimate of drug-likeness (QED) is 0.807. The molecule has 0 fully saturated rings. The van der Waals surface area contributed by atoms with Crippen molar-refractivity contribution in [2.45, 2.75) is 25.6 Å². The second kappa shape index (κ2) is 8.31. The number of carboxylic acid groups (broad SMARTS) is 1. The molecule has 0 saturated carbocycles. The molecule has 6 heteroatoms. The molecule has 0 radical (unpaired) electrons. The Morgan fingerprint density at radius 3 is 2.59 bits per heavy atom. The van der Waals surface area contributed by atoms with E-state index in [1.165, 1.54) is 0 Å². The number of methoxy groups -OCH3 is 1. The molecule has 1 heterocycles. The van der Waals surface area contributed by atoms with Crippen LogP contribution in [-0.4, -0.2) is 23.4 Å². The lowest BCUT2D eigenvalue weighted by molar-refractivity contribution is -0.133. The number of benzene rings is 2. The highest BCUT2D eigenvalue weighted by Gasteiger charge is 2.29. The van der Waals surface area contributed by atoms with Crippen LogP contribution in [0, 0.1) is 6.92 Å². The number of aliphatic imine (C=N–C) groups is 1. The Balaban J connectivity index is 1.83. The molecule has 0 aromatic heterocycles. The fraction of sp³-hybridized carbons (Fsp3) is 0.238. The predicted octanol–water partition coefficient (Wildman–Crippen LogP) is 4.30. The number of carboxylic acids is 1. The van der Waals surface area contributed by atoms with Crippen LogP contribution < -0.4 is 10.1 Å². The van der Waals surface area contributed by atoms with Crippen molar-refractivity contribution in [3.05, 3.63) is 76.5 Å². The van der Waals surface area contributed by atoms with Gasteiger partial charge in [0.25, 0.3) is 0 Å². The van der Waals surface area contributed by atoms with Gasteiger partial charge in [0.1, 0.15) is 11.8 Å². The number of nitrogens with one attached hydrogen (secondary N) is 1. The topological polar surface area (TPSA) is 70.9 Å². The number of hydrogen-bond donors (Lipinski definition) is 2. The number of hydrogen-bond acceptors (Lipinski definition) is 5. The van der Waals surface area contributed by atoms with Crippen molar-refractivity contribution in [2.24, 2.45) is 4.99 Å². The van der Waals surface area contributed by atoms with Gasteiger partial charge in [-0.3, -0.25) is 0 Å². The second-order valence-electron chi connectivity index (χ2n) is 6.36. The average molecular weight is 382 g/mol. The number of nitrogens with zero attached hydrogens (tertiary/aromatic N) is 1. The Morgan fingerprint density at radius 2 is 1.96 bits per heavy atom. The number of thioether (sulfide) groups is 1. The molecule has 2 aromatic rings. The number of carbonyl (C=O) groups is 1. The van der Waals surface area contributed by atoms with Gasteiger partial charge >= 0.3 is 5.97 Å². The van der Waals surface area contributed by atoms with Crippen LogP contribution in [0.1, 0.15) is 29.7 Å². The monoisotopic (exact) mass is 382 g/mol. The third kappa shape index (κ3) is 4.52. The Morgan fingerprint density at radius 1 is 1.22 bits per heavy atom. The molecule has 2 aromatic carbocycles. The number of allylic oxidation sites excluding steroid dienone is 1. The van der Waals surface area contributed by atoms with Crippen molar-refractivity contribution in [2.75, 3.05) is 7.11 Å². The summed E-state index contributed by atoms with van der Waals surface area (Å²) in [5.74, 6) is 0.599. The zero-order valence-corrected chi connectivity index (χ0v) is 16.3. The maximum absolute atomic E-state index is 11.8. The molecule has 0 spiro atoms. The van der Waals surface area contributed by atoms with Gasteiger partial charge < -0.3 is 15.2 Å². The lowest BCUT2D eigenvalue weighted by atomic mass is 9.95. The molecule has 140 valence electrons. The van der Waals surface area contributed by atoms with Gasteiger partial charge in [0.2, 0.25) is 0 Å². The molecular weight excluding hydrogens is 360 g/mol. The summed E-state index contributed by atoms with van der Waals surface area (Å²) in [6.45, 7) is 3.78. The fourth-order valence-corrected chi connectivity index (χ4v) is 3.85. The first-order chi connectivity index (χ1) is 13.0. The zero-order valence-electron chi connectivity index (χ0n) is 15.5. The van der Waals surface area contributed by atoms with Gasteiger partial charge in [-0.2, -0.15) is 0 Å². The minimum absolute atomic E-state index is 0.286. The van der Waals surface area contributed by atoms with Gasteiger partial charge in [-0.15, -0.1) is 0 Å². The maximum Gasteiger partial charge on any atom is 0.335 e. The van der Waals surface area contributed by atoms with Gasteiger partial charge in [0.15, 0.2) is 5.17 Å². The number of rotatable bonds is 5. The SMILES string of the molecule is COc1ccc(CSC2=NC(c3cccc(C)c3)C(C(=O)O)=C(C)N2)cc1. The summed E-state index contributed by atoms with van der Waals surface area (Å²) in [5, 5.41) is 13.5. The normalized spacial score (nSPS) is 16.6. The van der Waals surface area contributed by atoms with E-state index in [0.717, 1.165) is 33.4 Å². The first-order valence-corrected chi connectivity index (χ1v) is 9.57. The van der Waals surface area contributed by atoms with Crippen LogP contribution in [0.15, 0.2) is 64.8 Å². The van der Waals surface area contributed by atoms with Crippen LogP contribution in [0.5, 0.6) is 5.75 Å². The number of ether oxygens (including phenoxy) is 1. The zero-order chi connectivity index (χ0) is 19.4. The van der Waals surface area contributed by atoms with Crippen molar-refractivity contribution < 1.29 is 14.6 Å². The number of aliphatic carboxylic acids is 1. The first-order valence-electron chi connectivity index (χ1n) is 8.59. The van der Waals surface area contributed by atoms with Gasteiger partial charge in [0.05, 0.1) is 12.7 Å². The minimum atomic E-state index is -0.950. The minimum Gasteiger partial charge on any atom is -0.497 e. The van der Waals surface area contributed by atoms with Crippen molar-refractivity contribution >= 4 is 22.9 Å². The lowest BCUT2D eigenvalue weighted by Gasteiger charge is -2.25. The van der Waals surface area contributed by atoms with E-state index in [2.05, 4.69) is 5.32 Å². The smallest absolute Gasteiger partial charge is 0.335 e. The Kier molecular flexibility index (Phi) is 5.86. The third-order valence-corrected chi connectivity index (χ3v) is 5.30. The third-order valence-electron chi connectivity index (χ3n) is 4.34. The van der Waals surface area contributed by atoms with Crippen molar-refractivity contribution in [3.8, 4) is 5.75 Å². The molecule has 1 unspecified atom stereocenters. The van der Waals surface area contributed by atoms with Gasteiger partial charge in [0, 0.05) is 11.4 Å².